The molecule has 0 radical (unpaired) electrons. The number of hydrogen-bond acceptors (Lipinski definition) is 8. The van der Waals surface area contributed by atoms with Crippen LogP contribution in [0.15, 0.2) is 37.4 Å². The van der Waals surface area contributed by atoms with E-state index in [9.17, 15) is 4.79 Å². The van der Waals surface area contributed by atoms with Crippen molar-refractivity contribution in [2.24, 2.45) is 0 Å². The van der Waals surface area contributed by atoms with Crippen molar-refractivity contribution in [3.05, 3.63) is 48.0 Å². The molecule has 1 amide bonds. The van der Waals surface area contributed by atoms with Crippen molar-refractivity contribution in [2.75, 3.05) is 18.0 Å². The lowest BCUT2D eigenvalue weighted by Gasteiger charge is -2.38. The number of hydrogen-bond donors (Lipinski definition) is 0. The van der Waals surface area contributed by atoms with Gasteiger partial charge in [-0.2, -0.15) is 9.78 Å². The quantitative estimate of drug-likeness (QED) is 0.609. The van der Waals surface area contributed by atoms with Crippen molar-refractivity contribution in [3.8, 4) is 5.95 Å². The van der Waals surface area contributed by atoms with E-state index in [1.54, 1.807) is 24.8 Å². The predicted octanol–water partition coefficient (Wildman–Crippen LogP) is 1.77. The van der Waals surface area contributed by atoms with E-state index in [0.29, 0.717) is 28.5 Å². The summed E-state index contributed by atoms with van der Waals surface area (Å²) in [6.45, 7) is 1.59. The highest BCUT2D eigenvalue weighted by atomic mass is 35.5. The molecule has 0 bridgehead atoms. The first kappa shape index (κ1) is 18.9. The molecular weight excluding hydrogens is 406 g/mol. The van der Waals surface area contributed by atoms with E-state index < -0.39 is 0 Å². The summed E-state index contributed by atoms with van der Waals surface area (Å²) in [6, 6.07) is 0.486. The van der Waals surface area contributed by atoms with Gasteiger partial charge in [0.2, 0.25) is 5.95 Å². The van der Waals surface area contributed by atoms with Crippen LogP contribution in [0.25, 0.3) is 5.95 Å². The van der Waals surface area contributed by atoms with Crippen LogP contribution in [0.5, 0.6) is 0 Å². The summed E-state index contributed by atoms with van der Waals surface area (Å²) in [5, 5.41) is 4.53. The summed E-state index contributed by atoms with van der Waals surface area (Å²) in [6.07, 6.45) is 13.1. The molecule has 0 aromatic carbocycles. The molecule has 0 N–H and O–H groups in total. The van der Waals surface area contributed by atoms with E-state index in [0.717, 1.165) is 38.8 Å². The fourth-order valence-corrected chi connectivity index (χ4v) is 3.90. The Hall–Kier alpha value is -3.14. The zero-order valence-corrected chi connectivity index (χ0v) is 16.9. The second-order valence-electron chi connectivity index (χ2n) is 7.47. The molecule has 0 atom stereocenters. The summed E-state index contributed by atoms with van der Waals surface area (Å²) in [5.41, 5.74) is 0.495. The molecule has 1 aliphatic carbocycles. The minimum absolute atomic E-state index is 0.0103. The fraction of sp³-hybridized carbons (Fsp3) is 0.421. The van der Waals surface area contributed by atoms with Gasteiger partial charge in [0.05, 0.1) is 23.0 Å². The predicted molar refractivity (Wildman–Crippen MR) is 108 cm³/mol. The van der Waals surface area contributed by atoms with E-state index in [4.69, 9.17) is 11.6 Å². The van der Waals surface area contributed by atoms with Gasteiger partial charge in [0.25, 0.3) is 11.9 Å². The maximum atomic E-state index is 13.3. The lowest BCUT2D eigenvalue weighted by molar-refractivity contribution is 0.0629. The topological polar surface area (TPSA) is 106 Å². The Labute approximate surface area is 178 Å². The lowest BCUT2D eigenvalue weighted by atomic mass is 10.0. The van der Waals surface area contributed by atoms with Gasteiger partial charge in [-0.15, -0.1) is 0 Å². The van der Waals surface area contributed by atoms with Gasteiger partial charge in [0, 0.05) is 37.6 Å². The van der Waals surface area contributed by atoms with Crippen LogP contribution >= 0.6 is 11.6 Å². The third kappa shape index (κ3) is 3.82. The summed E-state index contributed by atoms with van der Waals surface area (Å²) >= 11 is 5.88. The highest BCUT2D eigenvalue weighted by Gasteiger charge is 2.39. The van der Waals surface area contributed by atoms with Gasteiger partial charge in [0.15, 0.2) is 0 Å². The zero-order valence-electron chi connectivity index (χ0n) is 16.2. The average molecular weight is 426 g/mol. The van der Waals surface area contributed by atoms with Crippen molar-refractivity contribution in [2.45, 2.75) is 37.8 Å². The molecular formula is C19H20ClN9O. The van der Waals surface area contributed by atoms with Gasteiger partial charge in [-0.1, -0.05) is 11.6 Å². The summed E-state index contributed by atoms with van der Waals surface area (Å²) in [4.78, 5) is 38.5. The van der Waals surface area contributed by atoms with Crippen LogP contribution in [0.4, 0.5) is 5.95 Å². The average Bonchev–Trinajstić information content (AvgIpc) is 3.46. The Balaban J connectivity index is 1.28. The molecule has 3 aromatic heterocycles. The van der Waals surface area contributed by atoms with Crippen LogP contribution in [-0.2, 0) is 0 Å². The first-order valence-corrected chi connectivity index (χ1v) is 10.3. The Morgan fingerprint density at radius 3 is 2.17 bits per heavy atom. The van der Waals surface area contributed by atoms with Crippen LogP contribution in [0.1, 0.15) is 36.0 Å². The number of anilines is 1. The Morgan fingerprint density at radius 1 is 0.933 bits per heavy atom. The minimum Gasteiger partial charge on any atom is -0.341 e. The van der Waals surface area contributed by atoms with Crippen LogP contribution in [0.2, 0.25) is 5.02 Å². The van der Waals surface area contributed by atoms with E-state index in [1.807, 2.05) is 4.90 Å². The van der Waals surface area contributed by atoms with Crippen molar-refractivity contribution in [1.82, 2.24) is 39.6 Å². The van der Waals surface area contributed by atoms with Crippen LogP contribution in [0, 0.1) is 0 Å². The van der Waals surface area contributed by atoms with E-state index in [2.05, 4.69) is 34.9 Å². The van der Waals surface area contributed by atoms with Crippen LogP contribution in [0.3, 0.4) is 0 Å². The largest absolute Gasteiger partial charge is 0.341 e. The van der Waals surface area contributed by atoms with Gasteiger partial charge in [-0.3, -0.25) is 4.79 Å². The summed E-state index contributed by atoms with van der Waals surface area (Å²) in [7, 11) is 0. The molecule has 30 heavy (non-hydrogen) atoms. The molecule has 154 valence electrons. The third-order valence-electron chi connectivity index (χ3n) is 5.43. The highest BCUT2D eigenvalue weighted by molar-refractivity contribution is 6.30. The molecule has 2 aliphatic rings. The zero-order chi connectivity index (χ0) is 20.5. The summed E-state index contributed by atoms with van der Waals surface area (Å²) < 4.78 is 1.46. The number of carbonyl (C=O) groups is 1. The number of aromatic nitrogens is 7. The molecule has 1 aliphatic heterocycles. The second-order valence-corrected chi connectivity index (χ2v) is 7.91. The number of carbonyl (C=O) groups excluding carboxylic acids is 1. The number of halogens is 1. The molecule has 1 saturated carbocycles. The number of nitrogens with zero attached hydrogens (tertiary/aromatic N) is 9. The minimum atomic E-state index is -0.0103. The van der Waals surface area contributed by atoms with Crippen molar-refractivity contribution >= 4 is 23.5 Å². The first-order valence-electron chi connectivity index (χ1n) is 9.91. The number of rotatable bonds is 5. The summed E-state index contributed by atoms with van der Waals surface area (Å²) in [5.74, 6) is 1.06. The first-order chi connectivity index (χ1) is 14.7. The van der Waals surface area contributed by atoms with Crippen LogP contribution in [-0.4, -0.2) is 70.7 Å². The normalized spacial score (nSPS) is 17.2. The molecule has 4 heterocycles. The van der Waals surface area contributed by atoms with Gasteiger partial charge in [-0.05, 0) is 25.7 Å². The van der Waals surface area contributed by atoms with E-state index >= 15 is 0 Å². The van der Waals surface area contributed by atoms with Gasteiger partial charge < -0.3 is 9.80 Å². The number of amides is 1. The Kier molecular flexibility index (Phi) is 4.99. The molecule has 3 aromatic rings. The molecule has 0 unspecified atom stereocenters. The van der Waals surface area contributed by atoms with Crippen LogP contribution < -0.4 is 4.90 Å². The van der Waals surface area contributed by atoms with Crippen molar-refractivity contribution < 1.29 is 4.79 Å². The SMILES string of the molecule is O=C(c1cnc(-n2cncn2)nc1)N(C1CC1)C1CCN(c2ncc(Cl)cn2)CC1. The van der Waals surface area contributed by atoms with Gasteiger partial charge in [-0.25, -0.2) is 24.9 Å². The van der Waals surface area contributed by atoms with E-state index in [1.165, 1.54) is 17.3 Å². The molecule has 2 fully saturated rings. The Morgan fingerprint density at radius 2 is 1.57 bits per heavy atom. The molecule has 11 heteroatoms. The lowest BCUT2D eigenvalue weighted by Crippen LogP contribution is -2.48. The standard InChI is InChI=1S/C19H20ClN9O/c20-14-9-24-18(25-10-14)27-5-3-16(4-6-27)29(15-1-2-15)17(30)13-7-22-19(23-8-13)28-12-21-11-26-28/h7-12,15-16H,1-6H2. The van der Waals surface area contributed by atoms with E-state index in [-0.39, 0.29) is 11.9 Å². The van der Waals surface area contributed by atoms with Crippen molar-refractivity contribution in [3.63, 3.8) is 0 Å². The molecule has 5 rings (SSSR count). The Bertz CT molecular complexity index is 997. The maximum absolute atomic E-state index is 13.3. The smallest absolute Gasteiger partial charge is 0.257 e. The van der Waals surface area contributed by atoms with Crippen molar-refractivity contribution in [1.29, 1.82) is 0 Å². The monoisotopic (exact) mass is 425 g/mol. The molecule has 0 spiro atoms. The fourth-order valence-electron chi connectivity index (χ4n) is 3.81. The maximum Gasteiger partial charge on any atom is 0.257 e. The molecule has 10 nitrogen and oxygen atoms in total. The number of piperidine rings is 1. The second kappa shape index (κ2) is 7.94. The highest BCUT2D eigenvalue weighted by Crippen LogP contribution is 2.33. The van der Waals surface area contributed by atoms with Gasteiger partial charge in [0.1, 0.15) is 12.7 Å². The molecule has 1 saturated heterocycles. The third-order valence-corrected chi connectivity index (χ3v) is 5.63. The van der Waals surface area contributed by atoms with Gasteiger partial charge >= 0.3 is 0 Å².